The van der Waals surface area contributed by atoms with Gasteiger partial charge in [-0.15, -0.1) is 0 Å². The van der Waals surface area contributed by atoms with Crippen molar-refractivity contribution in [2.75, 3.05) is 25.5 Å². The molecule has 1 saturated heterocycles. The Labute approximate surface area is 114 Å². The molecule has 1 aliphatic rings. The highest BCUT2D eigenvalue weighted by atomic mass is 32.1. The van der Waals surface area contributed by atoms with Gasteiger partial charge in [0.2, 0.25) is 0 Å². The number of hydrogen-bond acceptors (Lipinski definition) is 2. The summed E-state index contributed by atoms with van der Waals surface area (Å²) in [4.78, 5) is 2.27. The Morgan fingerprint density at radius 2 is 1.72 bits per heavy atom. The largest absolute Gasteiger partial charge is 0.497 e. The Morgan fingerprint density at radius 3 is 2.28 bits per heavy atom. The summed E-state index contributed by atoms with van der Waals surface area (Å²) in [5.74, 6) is 0.862. The van der Waals surface area contributed by atoms with Crippen molar-refractivity contribution < 1.29 is 4.74 Å². The SMILES string of the molecule is COc1ccc(NC(=S)N2CCCCCC2)cc1. The second-order valence-corrected chi connectivity index (χ2v) is 4.95. The molecule has 3 nitrogen and oxygen atoms in total. The lowest BCUT2D eigenvalue weighted by Gasteiger charge is -2.23. The lowest BCUT2D eigenvalue weighted by atomic mass is 10.2. The minimum Gasteiger partial charge on any atom is -0.497 e. The van der Waals surface area contributed by atoms with Crippen LogP contribution in [-0.2, 0) is 0 Å². The third kappa shape index (κ3) is 3.60. The maximum Gasteiger partial charge on any atom is 0.173 e. The smallest absolute Gasteiger partial charge is 0.173 e. The Kier molecular flexibility index (Phi) is 4.81. The normalized spacial score (nSPS) is 15.9. The first kappa shape index (κ1) is 13.1. The van der Waals surface area contributed by atoms with Crippen molar-refractivity contribution in [3.63, 3.8) is 0 Å². The average Bonchev–Trinajstić information content (AvgIpc) is 2.68. The van der Waals surface area contributed by atoms with Crippen LogP contribution >= 0.6 is 12.2 Å². The van der Waals surface area contributed by atoms with Gasteiger partial charge in [-0.3, -0.25) is 0 Å². The van der Waals surface area contributed by atoms with E-state index in [-0.39, 0.29) is 0 Å². The van der Waals surface area contributed by atoms with E-state index in [1.807, 2.05) is 24.3 Å². The second-order valence-electron chi connectivity index (χ2n) is 4.56. The summed E-state index contributed by atoms with van der Waals surface area (Å²) in [5, 5.41) is 4.13. The van der Waals surface area contributed by atoms with E-state index in [0.29, 0.717) is 0 Å². The Balaban J connectivity index is 1.92. The van der Waals surface area contributed by atoms with Gasteiger partial charge in [0, 0.05) is 18.8 Å². The standard InChI is InChI=1S/C14H20N2OS/c1-17-13-8-6-12(7-9-13)15-14(18)16-10-4-2-3-5-11-16/h6-9H,2-5,10-11H2,1H3,(H,15,18). The fourth-order valence-corrected chi connectivity index (χ4v) is 2.45. The first-order valence-corrected chi connectivity index (χ1v) is 6.90. The van der Waals surface area contributed by atoms with Crippen LogP contribution in [0.4, 0.5) is 5.69 Å². The summed E-state index contributed by atoms with van der Waals surface area (Å²) in [6, 6.07) is 7.85. The van der Waals surface area contributed by atoms with Crippen LogP contribution in [0.1, 0.15) is 25.7 Å². The zero-order chi connectivity index (χ0) is 12.8. The van der Waals surface area contributed by atoms with Crippen LogP contribution in [0.15, 0.2) is 24.3 Å². The predicted molar refractivity (Wildman–Crippen MR) is 79.3 cm³/mol. The summed E-state index contributed by atoms with van der Waals surface area (Å²) in [5.41, 5.74) is 1.02. The molecule has 1 aromatic carbocycles. The van der Waals surface area contributed by atoms with Crippen molar-refractivity contribution in [2.24, 2.45) is 0 Å². The summed E-state index contributed by atoms with van der Waals surface area (Å²) >= 11 is 5.46. The predicted octanol–water partition coefficient (Wildman–Crippen LogP) is 3.27. The maximum absolute atomic E-state index is 5.46. The highest BCUT2D eigenvalue weighted by Gasteiger charge is 2.12. The molecule has 2 rings (SSSR count). The number of anilines is 1. The molecular weight excluding hydrogens is 244 g/mol. The molecule has 0 radical (unpaired) electrons. The fraction of sp³-hybridized carbons (Fsp3) is 0.500. The maximum atomic E-state index is 5.46. The van der Waals surface area contributed by atoms with E-state index in [9.17, 15) is 0 Å². The third-order valence-corrected chi connectivity index (χ3v) is 3.59. The molecule has 4 heteroatoms. The molecule has 1 aliphatic heterocycles. The van der Waals surface area contributed by atoms with Gasteiger partial charge in [0.1, 0.15) is 5.75 Å². The van der Waals surface area contributed by atoms with Gasteiger partial charge < -0.3 is 15.0 Å². The summed E-state index contributed by atoms with van der Waals surface area (Å²) < 4.78 is 5.14. The molecule has 18 heavy (non-hydrogen) atoms. The van der Waals surface area contributed by atoms with Gasteiger partial charge in [0.05, 0.1) is 7.11 Å². The van der Waals surface area contributed by atoms with E-state index in [2.05, 4.69) is 10.2 Å². The van der Waals surface area contributed by atoms with Gasteiger partial charge in [-0.05, 0) is 49.3 Å². The van der Waals surface area contributed by atoms with Crippen molar-refractivity contribution in [3.8, 4) is 5.75 Å². The molecule has 0 saturated carbocycles. The molecule has 1 heterocycles. The van der Waals surface area contributed by atoms with Crippen molar-refractivity contribution in [3.05, 3.63) is 24.3 Å². The van der Waals surface area contributed by atoms with E-state index in [4.69, 9.17) is 17.0 Å². The second kappa shape index (κ2) is 6.59. The van der Waals surface area contributed by atoms with Crippen LogP contribution in [0.25, 0.3) is 0 Å². The molecule has 1 fully saturated rings. The summed E-state index contributed by atoms with van der Waals surface area (Å²) in [6.45, 7) is 2.14. The Hall–Kier alpha value is -1.29. The number of thiocarbonyl (C=S) groups is 1. The molecule has 0 bridgehead atoms. The molecule has 0 spiro atoms. The van der Waals surface area contributed by atoms with Crippen molar-refractivity contribution >= 4 is 23.0 Å². The lowest BCUT2D eigenvalue weighted by Crippen LogP contribution is -2.35. The number of nitrogens with one attached hydrogen (secondary N) is 1. The first-order valence-electron chi connectivity index (χ1n) is 6.49. The zero-order valence-corrected chi connectivity index (χ0v) is 11.6. The number of hydrogen-bond donors (Lipinski definition) is 1. The van der Waals surface area contributed by atoms with Crippen LogP contribution in [0, 0.1) is 0 Å². The first-order chi connectivity index (χ1) is 8.79. The molecule has 0 atom stereocenters. The molecule has 0 amide bonds. The van der Waals surface area contributed by atoms with E-state index in [1.54, 1.807) is 7.11 Å². The topological polar surface area (TPSA) is 24.5 Å². The molecule has 0 unspecified atom stereocenters. The quantitative estimate of drug-likeness (QED) is 0.829. The Bertz CT molecular complexity index is 383. The number of methoxy groups -OCH3 is 1. The van der Waals surface area contributed by atoms with Gasteiger partial charge in [-0.1, -0.05) is 12.8 Å². The van der Waals surface area contributed by atoms with E-state index < -0.39 is 0 Å². The highest BCUT2D eigenvalue weighted by Crippen LogP contribution is 2.16. The molecule has 0 aliphatic carbocycles. The number of nitrogens with zero attached hydrogens (tertiary/aromatic N) is 1. The molecular formula is C14H20N2OS. The molecule has 1 N–H and O–H groups in total. The molecule has 0 aromatic heterocycles. The summed E-state index contributed by atoms with van der Waals surface area (Å²) in [6.07, 6.45) is 5.12. The van der Waals surface area contributed by atoms with Gasteiger partial charge in [-0.2, -0.15) is 0 Å². The van der Waals surface area contributed by atoms with Gasteiger partial charge in [0.15, 0.2) is 5.11 Å². The average molecular weight is 264 g/mol. The van der Waals surface area contributed by atoms with E-state index in [0.717, 1.165) is 29.6 Å². The van der Waals surface area contributed by atoms with Gasteiger partial charge in [0.25, 0.3) is 0 Å². The molecule has 1 aromatic rings. The summed E-state index contributed by atoms with van der Waals surface area (Å²) in [7, 11) is 1.67. The highest BCUT2D eigenvalue weighted by molar-refractivity contribution is 7.80. The van der Waals surface area contributed by atoms with Gasteiger partial charge in [-0.25, -0.2) is 0 Å². The monoisotopic (exact) mass is 264 g/mol. The van der Waals surface area contributed by atoms with Crippen LogP contribution in [-0.4, -0.2) is 30.2 Å². The van der Waals surface area contributed by atoms with Crippen LogP contribution in [0.2, 0.25) is 0 Å². The third-order valence-electron chi connectivity index (χ3n) is 3.23. The Morgan fingerprint density at radius 1 is 1.11 bits per heavy atom. The van der Waals surface area contributed by atoms with Crippen LogP contribution < -0.4 is 10.1 Å². The van der Waals surface area contributed by atoms with Crippen molar-refractivity contribution in [1.82, 2.24) is 4.90 Å². The number of likely N-dealkylation sites (tertiary alicyclic amines) is 1. The van der Waals surface area contributed by atoms with Crippen molar-refractivity contribution in [2.45, 2.75) is 25.7 Å². The van der Waals surface area contributed by atoms with Crippen molar-refractivity contribution in [1.29, 1.82) is 0 Å². The lowest BCUT2D eigenvalue weighted by molar-refractivity contribution is 0.415. The van der Waals surface area contributed by atoms with Crippen LogP contribution in [0.3, 0.4) is 0 Å². The van der Waals surface area contributed by atoms with E-state index in [1.165, 1.54) is 25.7 Å². The molecule has 98 valence electrons. The van der Waals surface area contributed by atoms with Crippen LogP contribution in [0.5, 0.6) is 5.75 Å². The minimum absolute atomic E-state index is 0.835. The zero-order valence-electron chi connectivity index (χ0n) is 10.8. The number of rotatable bonds is 2. The fourth-order valence-electron chi connectivity index (χ4n) is 2.15. The van der Waals surface area contributed by atoms with Gasteiger partial charge >= 0.3 is 0 Å². The number of ether oxygens (including phenoxy) is 1. The minimum atomic E-state index is 0.835. The van der Waals surface area contributed by atoms with E-state index >= 15 is 0 Å². The number of benzene rings is 1.